The Morgan fingerprint density at radius 2 is 2.15 bits per heavy atom. The van der Waals surface area contributed by atoms with Crippen LogP contribution in [0.15, 0.2) is 36.9 Å². The summed E-state index contributed by atoms with van der Waals surface area (Å²) < 4.78 is 13.1. The van der Waals surface area contributed by atoms with E-state index in [2.05, 4.69) is 6.58 Å². The molecule has 0 amide bonds. The molecule has 2 heteroatoms. The third-order valence-electron chi connectivity index (χ3n) is 1.85. The van der Waals surface area contributed by atoms with E-state index in [1.54, 1.807) is 24.3 Å². The van der Waals surface area contributed by atoms with Gasteiger partial charge in [0, 0.05) is 6.42 Å². The molecule has 1 rings (SSSR count). The Bertz CT molecular complexity index is 283. The van der Waals surface area contributed by atoms with Gasteiger partial charge in [-0.3, -0.25) is 0 Å². The van der Waals surface area contributed by atoms with Crippen LogP contribution in [0.3, 0.4) is 0 Å². The van der Waals surface area contributed by atoms with Gasteiger partial charge in [0.1, 0.15) is 5.82 Å². The Balaban J connectivity index is 2.63. The maximum atomic E-state index is 13.1. The predicted molar refractivity (Wildman–Crippen MR) is 50.9 cm³/mol. The summed E-state index contributed by atoms with van der Waals surface area (Å²) in [5, 5.41) is 9.39. The third kappa shape index (κ3) is 2.99. The van der Waals surface area contributed by atoms with Crippen LogP contribution in [0.4, 0.5) is 4.39 Å². The van der Waals surface area contributed by atoms with Gasteiger partial charge in [-0.25, -0.2) is 4.39 Å². The van der Waals surface area contributed by atoms with E-state index in [0.29, 0.717) is 18.4 Å². The Morgan fingerprint density at radius 1 is 1.46 bits per heavy atom. The van der Waals surface area contributed by atoms with Crippen LogP contribution >= 0.6 is 0 Å². The third-order valence-corrected chi connectivity index (χ3v) is 1.85. The van der Waals surface area contributed by atoms with Crippen LogP contribution < -0.4 is 0 Å². The van der Waals surface area contributed by atoms with Crippen molar-refractivity contribution in [2.45, 2.75) is 18.9 Å². The van der Waals surface area contributed by atoms with Gasteiger partial charge in [0.25, 0.3) is 0 Å². The zero-order chi connectivity index (χ0) is 9.68. The Morgan fingerprint density at radius 3 is 2.77 bits per heavy atom. The van der Waals surface area contributed by atoms with E-state index in [0.717, 1.165) is 0 Å². The molecule has 1 aromatic rings. The van der Waals surface area contributed by atoms with Gasteiger partial charge in [-0.15, -0.1) is 6.58 Å². The molecule has 0 aliphatic carbocycles. The molecule has 1 atom stereocenters. The highest BCUT2D eigenvalue weighted by Crippen LogP contribution is 2.10. The van der Waals surface area contributed by atoms with Gasteiger partial charge in [0.05, 0.1) is 6.10 Å². The molecular weight excluding hydrogens is 167 g/mol. The molecule has 0 saturated heterocycles. The summed E-state index contributed by atoms with van der Waals surface area (Å²) in [5.41, 5.74) is 0.553. The van der Waals surface area contributed by atoms with Crippen molar-refractivity contribution in [1.29, 1.82) is 0 Å². The topological polar surface area (TPSA) is 20.2 Å². The van der Waals surface area contributed by atoms with Crippen LogP contribution in [-0.4, -0.2) is 11.2 Å². The van der Waals surface area contributed by atoms with Gasteiger partial charge < -0.3 is 5.11 Å². The monoisotopic (exact) mass is 180 g/mol. The number of halogens is 1. The van der Waals surface area contributed by atoms with E-state index in [1.807, 2.05) is 0 Å². The molecule has 0 radical (unpaired) electrons. The largest absolute Gasteiger partial charge is 0.392 e. The number of aliphatic hydroxyl groups excluding tert-OH is 1. The fourth-order valence-electron chi connectivity index (χ4n) is 1.19. The van der Waals surface area contributed by atoms with Crippen molar-refractivity contribution in [3.8, 4) is 0 Å². The SMILES string of the molecule is C=CCC(O)Cc1ccccc1F. The molecule has 1 unspecified atom stereocenters. The second-order valence-corrected chi connectivity index (χ2v) is 2.97. The van der Waals surface area contributed by atoms with Gasteiger partial charge in [-0.2, -0.15) is 0 Å². The average molecular weight is 180 g/mol. The molecule has 1 nitrogen and oxygen atoms in total. The smallest absolute Gasteiger partial charge is 0.126 e. The number of benzene rings is 1. The van der Waals surface area contributed by atoms with E-state index in [1.165, 1.54) is 6.07 Å². The van der Waals surface area contributed by atoms with Crippen LogP contribution in [0.25, 0.3) is 0 Å². The molecule has 0 heterocycles. The zero-order valence-corrected chi connectivity index (χ0v) is 7.41. The first-order chi connectivity index (χ1) is 6.24. The lowest BCUT2D eigenvalue weighted by Gasteiger charge is -2.08. The molecule has 0 aromatic heterocycles. The van der Waals surface area contributed by atoms with Crippen molar-refractivity contribution < 1.29 is 9.50 Å². The zero-order valence-electron chi connectivity index (χ0n) is 7.41. The maximum Gasteiger partial charge on any atom is 0.126 e. The van der Waals surface area contributed by atoms with Gasteiger partial charge in [-0.05, 0) is 18.1 Å². The predicted octanol–water partition coefficient (Wildman–Crippen LogP) is 2.31. The lowest BCUT2D eigenvalue weighted by molar-refractivity contribution is 0.177. The maximum absolute atomic E-state index is 13.1. The molecule has 0 bridgehead atoms. The highest BCUT2D eigenvalue weighted by atomic mass is 19.1. The lowest BCUT2D eigenvalue weighted by Crippen LogP contribution is -2.09. The number of rotatable bonds is 4. The van der Waals surface area contributed by atoms with Gasteiger partial charge in [-0.1, -0.05) is 24.3 Å². The number of aliphatic hydroxyl groups is 1. The normalized spacial score (nSPS) is 12.5. The first-order valence-corrected chi connectivity index (χ1v) is 4.26. The summed E-state index contributed by atoms with van der Waals surface area (Å²) >= 11 is 0. The highest BCUT2D eigenvalue weighted by molar-refractivity contribution is 5.18. The standard InChI is InChI=1S/C11H13FO/c1-2-5-10(13)8-9-6-3-4-7-11(9)12/h2-4,6-7,10,13H,1,5,8H2. The summed E-state index contributed by atoms with van der Waals surface area (Å²) in [5.74, 6) is -0.259. The van der Waals surface area contributed by atoms with E-state index < -0.39 is 6.10 Å². The average Bonchev–Trinajstić information content (AvgIpc) is 2.09. The number of hydrogen-bond acceptors (Lipinski definition) is 1. The van der Waals surface area contributed by atoms with Crippen molar-refractivity contribution in [3.05, 3.63) is 48.3 Å². The highest BCUT2D eigenvalue weighted by Gasteiger charge is 2.06. The molecule has 0 saturated carbocycles. The van der Waals surface area contributed by atoms with Gasteiger partial charge in [0.15, 0.2) is 0 Å². The van der Waals surface area contributed by atoms with Crippen LogP contribution in [0, 0.1) is 5.82 Å². The lowest BCUT2D eigenvalue weighted by atomic mass is 10.1. The van der Waals surface area contributed by atoms with E-state index in [-0.39, 0.29) is 5.82 Å². The van der Waals surface area contributed by atoms with Crippen molar-refractivity contribution in [1.82, 2.24) is 0 Å². The van der Waals surface area contributed by atoms with Crippen LogP contribution in [0.1, 0.15) is 12.0 Å². The summed E-state index contributed by atoms with van der Waals surface area (Å²) in [6.07, 6.45) is 1.94. The molecule has 1 N–H and O–H groups in total. The molecule has 0 aliphatic rings. The van der Waals surface area contributed by atoms with Crippen molar-refractivity contribution >= 4 is 0 Å². The second-order valence-electron chi connectivity index (χ2n) is 2.97. The van der Waals surface area contributed by atoms with Crippen molar-refractivity contribution in [3.63, 3.8) is 0 Å². The molecule has 13 heavy (non-hydrogen) atoms. The molecular formula is C11H13FO. The van der Waals surface area contributed by atoms with Gasteiger partial charge in [0.2, 0.25) is 0 Å². The molecule has 0 fully saturated rings. The molecule has 0 aliphatic heterocycles. The van der Waals surface area contributed by atoms with Crippen LogP contribution in [0.5, 0.6) is 0 Å². The summed E-state index contributed by atoms with van der Waals surface area (Å²) in [6, 6.07) is 6.48. The first kappa shape index (κ1) is 9.93. The summed E-state index contributed by atoms with van der Waals surface area (Å²) in [7, 11) is 0. The molecule has 70 valence electrons. The van der Waals surface area contributed by atoms with E-state index in [9.17, 15) is 9.50 Å². The van der Waals surface area contributed by atoms with E-state index >= 15 is 0 Å². The summed E-state index contributed by atoms with van der Waals surface area (Å²) in [6.45, 7) is 3.51. The van der Waals surface area contributed by atoms with Crippen LogP contribution in [-0.2, 0) is 6.42 Å². The Kier molecular flexibility index (Phi) is 3.65. The fraction of sp³-hybridized carbons (Fsp3) is 0.273. The minimum atomic E-state index is -0.533. The van der Waals surface area contributed by atoms with E-state index in [4.69, 9.17) is 0 Å². The molecule has 0 spiro atoms. The fourth-order valence-corrected chi connectivity index (χ4v) is 1.19. The minimum absolute atomic E-state index is 0.259. The quantitative estimate of drug-likeness (QED) is 0.705. The second kappa shape index (κ2) is 4.77. The van der Waals surface area contributed by atoms with Crippen LogP contribution in [0.2, 0.25) is 0 Å². The minimum Gasteiger partial charge on any atom is -0.392 e. The molecule has 1 aromatic carbocycles. The van der Waals surface area contributed by atoms with Crippen molar-refractivity contribution in [2.75, 3.05) is 0 Å². The van der Waals surface area contributed by atoms with Crippen molar-refractivity contribution in [2.24, 2.45) is 0 Å². The Hall–Kier alpha value is -1.15. The summed E-state index contributed by atoms with van der Waals surface area (Å²) in [4.78, 5) is 0. The Labute approximate surface area is 77.5 Å². The van der Waals surface area contributed by atoms with Gasteiger partial charge >= 0.3 is 0 Å². The first-order valence-electron chi connectivity index (χ1n) is 4.26. The number of hydrogen-bond donors (Lipinski definition) is 1.